The number of aromatic nitrogens is 2. The van der Waals surface area contributed by atoms with Gasteiger partial charge in [0.1, 0.15) is 11.4 Å². The van der Waals surface area contributed by atoms with Crippen molar-refractivity contribution in [1.82, 2.24) is 10.1 Å². The molecule has 11 heteroatoms. The molecule has 6 nitrogen and oxygen atoms in total. The SMILES string of the molecule is O=C(N(CC12CCC(c3nc(C(F)F)no3)(CC1)CC2)c1cccc(-c2ccc(OC(F)F)cc2)c1)C12CC(F)(C1)C2. The maximum absolute atomic E-state index is 14.5. The molecule has 0 atom stereocenters. The van der Waals surface area contributed by atoms with Gasteiger partial charge in [0, 0.05) is 17.6 Å². The van der Waals surface area contributed by atoms with Gasteiger partial charge < -0.3 is 14.2 Å². The summed E-state index contributed by atoms with van der Waals surface area (Å²) in [7, 11) is 0. The summed E-state index contributed by atoms with van der Waals surface area (Å²) in [4.78, 5) is 19.9. The van der Waals surface area contributed by atoms with Crippen molar-refractivity contribution in [2.24, 2.45) is 10.8 Å². The van der Waals surface area contributed by atoms with E-state index in [4.69, 9.17) is 4.52 Å². The summed E-state index contributed by atoms with van der Waals surface area (Å²) >= 11 is 0. The van der Waals surface area contributed by atoms with Crippen LogP contribution >= 0.6 is 0 Å². The van der Waals surface area contributed by atoms with Crippen LogP contribution in [0.4, 0.5) is 27.6 Å². The van der Waals surface area contributed by atoms with E-state index in [0.717, 1.165) is 30.4 Å². The summed E-state index contributed by atoms with van der Waals surface area (Å²) in [6.45, 7) is -2.44. The fourth-order valence-electron chi connectivity index (χ4n) is 7.84. The van der Waals surface area contributed by atoms with Crippen LogP contribution in [0, 0.1) is 10.8 Å². The molecule has 0 unspecified atom stereocenters. The van der Waals surface area contributed by atoms with Gasteiger partial charge >= 0.3 is 13.0 Å². The van der Waals surface area contributed by atoms with E-state index < -0.39 is 35.4 Å². The lowest BCUT2D eigenvalue weighted by Gasteiger charge is -2.65. The molecule has 4 bridgehead atoms. The third-order valence-corrected chi connectivity index (χ3v) is 10.2. The summed E-state index contributed by atoms with van der Waals surface area (Å²) in [5.41, 5.74) is -0.199. The van der Waals surface area contributed by atoms with Crippen molar-refractivity contribution >= 4 is 11.6 Å². The second-order valence-corrected chi connectivity index (χ2v) is 12.8. The van der Waals surface area contributed by atoms with Crippen LogP contribution in [-0.2, 0) is 10.2 Å². The minimum Gasteiger partial charge on any atom is -0.435 e. The number of amides is 1. The molecule has 1 aromatic heterocycles. The zero-order valence-electron chi connectivity index (χ0n) is 22.8. The van der Waals surface area contributed by atoms with Gasteiger partial charge in [-0.25, -0.2) is 13.2 Å². The van der Waals surface area contributed by atoms with E-state index in [1.54, 1.807) is 12.1 Å². The predicted molar refractivity (Wildman–Crippen MR) is 142 cm³/mol. The van der Waals surface area contributed by atoms with Crippen LogP contribution < -0.4 is 9.64 Å². The highest BCUT2D eigenvalue weighted by atomic mass is 19.3. The van der Waals surface area contributed by atoms with Gasteiger partial charge in [-0.05, 0) is 98.6 Å². The number of alkyl halides is 5. The number of fused-ring (bicyclic) bond motifs is 3. The van der Waals surface area contributed by atoms with Crippen molar-refractivity contribution in [2.45, 2.75) is 81.9 Å². The van der Waals surface area contributed by atoms with E-state index in [9.17, 15) is 26.7 Å². The molecule has 1 heterocycles. The molecule has 2 aromatic carbocycles. The van der Waals surface area contributed by atoms with Crippen molar-refractivity contribution in [2.75, 3.05) is 11.4 Å². The molecule has 9 rings (SSSR count). The molecule has 42 heavy (non-hydrogen) atoms. The average molecular weight is 588 g/mol. The quantitative estimate of drug-likeness (QED) is 0.239. The number of hydrogen-bond donors (Lipinski definition) is 0. The van der Waals surface area contributed by atoms with Crippen LogP contribution in [0.15, 0.2) is 53.1 Å². The van der Waals surface area contributed by atoms with Gasteiger partial charge in [0.15, 0.2) is 0 Å². The molecule has 0 spiro atoms. The number of rotatable bonds is 9. The summed E-state index contributed by atoms with van der Waals surface area (Å²) < 4.78 is 75.6. The molecule has 6 aliphatic rings. The Labute approximate surface area is 239 Å². The lowest BCUT2D eigenvalue weighted by molar-refractivity contribution is -0.211. The normalized spacial score (nSPS) is 31.1. The highest BCUT2D eigenvalue weighted by Crippen LogP contribution is 2.70. The first kappa shape index (κ1) is 27.3. The van der Waals surface area contributed by atoms with E-state index in [2.05, 4.69) is 14.9 Å². The maximum Gasteiger partial charge on any atom is 0.387 e. The molecule has 6 fully saturated rings. The Morgan fingerprint density at radius 2 is 1.60 bits per heavy atom. The first-order chi connectivity index (χ1) is 20.0. The van der Waals surface area contributed by atoms with Crippen LogP contribution in [0.25, 0.3) is 11.1 Å². The highest BCUT2D eigenvalue weighted by molar-refractivity contribution is 6.00. The van der Waals surface area contributed by atoms with E-state index in [1.165, 1.54) is 12.1 Å². The zero-order chi connectivity index (χ0) is 29.3. The summed E-state index contributed by atoms with van der Waals surface area (Å²) in [5.74, 6) is -0.311. The van der Waals surface area contributed by atoms with Crippen LogP contribution in [0.2, 0.25) is 0 Å². The topological polar surface area (TPSA) is 68.5 Å². The summed E-state index contributed by atoms with van der Waals surface area (Å²) in [5, 5.41) is 3.47. The summed E-state index contributed by atoms with van der Waals surface area (Å²) in [6.07, 6.45) is 2.38. The Kier molecular flexibility index (Phi) is 6.19. The minimum absolute atomic E-state index is 0.0567. The van der Waals surface area contributed by atoms with Crippen molar-refractivity contribution in [1.29, 1.82) is 0 Å². The second-order valence-electron chi connectivity index (χ2n) is 12.8. The van der Waals surface area contributed by atoms with Gasteiger partial charge in [-0.15, -0.1) is 0 Å². The second kappa shape index (κ2) is 9.50. The molecular weight excluding hydrogens is 557 g/mol. The molecule has 3 aromatic rings. The van der Waals surface area contributed by atoms with Crippen molar-refractivity contribution in [3.63, 3.8) is 0 Å². The highest BCUT2D eigenvalue weighted by Gasteiger charge is 2.73. The molecular formula is C31H30F5N3O3. The first-order valence-corrected chi connectivity index (χ1v) is 14.3. The number of hydrogen-bond acceptors (Lipinski definition) is 5. The molecule has 0 saturated heterocycles. The van der Waals surface area contributed by atoms with Gasteiger partial charge in [-0.1, -0.05) is 29.4 Å². The molecule has 0 N–H and O–H groups in total. The number of carbonyl (C=O) groups excluding carboxylic acids is 1. The monoisotopic (exact) mass is 587 g/mol. The van der Waals surface area contributed by atoms with Gasteiger partial charge in [-0.3, -0.25) is 4.79 Å². The van der Waals surface area contributed by atoms with E-state index in [-0.39, 0.29) is 42.2 Å². The Bertz CT molecular complexity index is 1460. The Morgan fingerprint density at radius 1 is 0.929 bits per heavy atom. The molecule has 0 radical (unpaired) electrons. The van der Waals surface area contributed by atoms with E-state index in [1.807, 2.05) is 29.2 Å². The largest absolute Gasteiger partial charge is 0.435 e. The van der Waals surface area contributed by atoms with Crippen LogP contribution in [0.5, 0.6) is 5.75 Å². The third-order valence-electron chi connectivity index (χ3n) is 10.2. The Balaban J connectivity index is 1.15. The fourth-order valence-corrected chi connectivity index (χ4v) is 7.84. The van der Waals surface area contributed by atoms with E-state index in [0.29, 0.717) is 31.5 Å². The minimum atomic E-state index is -2.91. The summed E-state index contributed by atoms with van der Waals surface area (Å²) in [6, 6.07) is 13.9. The smallest absolute Gasteiger partial charge is 0.387 e. The Hall–Kier alpha value is -3.50. The van der Waals surface area contributed by atoms with Crippen LogP contribution in [0.3, 0.4) is 0 Å². The van der Waals surface area contributed by atoms with Crippen LogP contribution in [0.1, 0.15) is 75.9 Å². The van der Waals surface area contributed by atoms with Crippen molar-refractivity contribution in [3.8, 4) is 16.9 Å². The predicted octanol–water partition coefficient (Wildman–Crippen LogP) is 7.79. The zero-order valence-corrected chi connectivity index (χ0v) is 22.8. The number of anilines is 1. The number of benzene rings is 2. The number of ether oxygens (including phenoxy) is 1. The van der Waals surface area contributed by atoms with Gasteiger partial charge in [0.25, 0.3) is 0 Å². The van der Waals surface area contributed by atoms with Crippen LogP contribution in [-0.4, -0.2) is 34.9 Å². The van der Waals surface area contributed by atoms with Gasteiger partial charge in [0.2, 0.25) is 17.6 Å². The lowest BCUT2D eigenvalue weighted by atomic mass is 9.41. The fraction of sp³-hybridized carbons (Fsp3) is 0.516. The number of halogens is 5. The molecule has 6 saturated carbocycles. The molecule has 1 amide bonds. The molecule has 6 aliphatic carbocycles. The maximum atomic E-state index is 14.5. The standard InChI is InChI=1S/C31H30F5N3O3/c32-23(33)24-37-25(42-38-24)29-11-8-28(9-12-29,10-13-29)18-39(26(40)30-15-31(36,16-30)17-30)21-3-1-2-20(14-21)19-4-6-22(7-5-19)41-27(34)35/h1-7,14,23,27H,8-13,15-18H2. The third kappa shape index (κ3) is 4.46. The van der Waals surface area contributed by atoms with Gasteiger partial charge in [0.05, 0.1) is 5.41 Å². The van der Waals surface area contributed by atoms with Gasteiger partial charge in [-0.2, -0.15) is 13.8 Å². The van der Waals surface area contributed by atoms with Crippen molar-refractivity contribution in [3.05, 3.63) is 60.2 Å². The molecule has 222 valence electrons. The average Bonchev–Trinajstić information content (AvgIpc) is 3.47. The number of carbonyl (C=O) groups is 1. The Morgan fingerprint density at radius 3 is 2.17 bits per heavy atom. The van der Waals surface area contributed by atoms with Crippen molar-refractivity contribution < 1.29 is 36.0 Å². The van der Waals surface area contributed by atoms with E-state index >= 15 is 0 Å². The molecule has 0 aliphatic heterocycles. The lowest BCUT2D eigenvalue weighted by Crippen LogP contribution is -2.71. The number of nitrogens with zero attached hydrogens (tertiary/aromatic N) is 3. The first-order valence-electron chi connectivity index (χ1n) is 14.3.